The second kappa shape index (κ2) is 16.7. The molecule has 0 aliphatic rings. The van der Waals surface area contributed by atoms with Crippen LogP contribution < -0.4 is 9.47 Å². The summed E-state index contributed by atoms with van der Waals surface area (Å²) >= 11 is 0. The summed E-state index contributed by atoms with van der Waals surface area (Å²) in [6.45, 7) is 7.38. The Balaban J connectivity index is 2.20. The molecule has 0 bridgehead atoms. The number of methoxy groups -OCH3 is 1. The van der Waals surface area contributed by atoms with Gasteiger partial charge < -0.3 is 14.4 Å². The SMILES string of the molecule is CCCCCCCCCCCCOc1ccc(CN(C)CCCC)cc1OC. The molecule has 162 valence electrons. The summed E-state index contributed by atoms with van der Waals surface area (Å²) < 4.78 is 11.5. The zero-order chi connectivity index (χ0) is 20.5. The van der Waals surface area contributed by atoms with E-state index in [-0.39, 0.29) is 0 Å². The van der Waals surface area contributed by atoms with Gasteiger partial charge >= 0.3 is 0 Å². The van der Waals surface area contributed by atoms with E-state index in [0.29, 0.717) is 0 Å². The monoisotopic (exact) mass is 391 g/mol. The van der Waals surface area contributed by atoms with Crippen molar-refractivity contribution < 1.29 is 9.47 Å². The van der Waals surface area contributed by atoms with Crippen molar-refractivity contribution in [3.63, 3.8) is 0 Å². The van der Waals surface area contributed by atoms with Gasteiger partial charge in [-0.1, -0.05) is 84.1 Å². The fourth-order valence-corrected chi connectivity index (χ4v) is 3.52. The molecule has 0 saturated carbocycles. The van der Waals surface area contributed by atoms with E-state index in [1.165, 1.54) is 76.2 Å². The van der Waals surface area contributed by atoms with Crippen molar-refractivity contribution in [2.24, 2.45) is 0 Å². The Morgan fingerprint density at radius 2 is 1.36 bits per heavy atom. The van der Waals surface area contributed by atoms with Crippen molar-refractivity contribution in [3.05, 3.63) is 23.8 Å². The average molecular weight is 392 g/mol. The third-order valence-corrected chi connectivity index (χ3v) is 5.33. The van der Waals surface area contributed by atoms with Gasteiger partial charge in [-0.15, -0.1) is 0 Å². The van der Waals surface area contributed by atoms with Gasteiger partial charge in [0.05, 0.1) is 13.7 Å². The van der Waals surface area contributed by atoms with Gasteiger partial charge in [0.15, 0.2) is 11.5 Å². The van der Waals surface area contributed by atoms with E-state index < -0.39 is 0 Å². The summed E-state index contributed by atoms with van der Waals surface area (Å²) in [4.78, 5) is 2.36. The molecule has 0 aromatic heterocycles. The summed E-state index contributed by atoms with van der Waals surface area (Å²) in [6, 6.07) is 6.35. The van der Waals surface area contributed by atoms with E-state index in [4.69, 9.17) is 9.47 Å². The van der Waals surface area contributed by atoms with Crippen LogP contribution in [-0.2, 0) is 6.54 Å². The number of nitrogens with zero attached hydrogens (tertiary/aromatic N) is 1. The molecule has 0 radical (unpaired) electrons. The minimum atomic E-state index is 0.780. The Labute approximate surface area is 174 Å². The van der Waals surface area contributed by atoms with Crippen LogP contribution in [0.2, 0.25) is 0 Å². The third-order valence-electron chi connectivity index (χ3n) is 5.33. The maximum Gasteiger partial charge on any atom is 0.161 e. The molecule has 3 heteroatoms. The molecule has 0 saturated heterocycles. The fourth-order valence-electron chi connectivity index (χ4n) is 3.52. The second-order valence-corrected chi connectivity index (χ2v) is 8.11. The van der Waals surface area contributed by atoms with Gasteiger partial charge in [-0.25, -0.2) is 0 Å². The Morgan fingerprint density at radius 1 is 0.750 bits per heavy atom. The molecule has 28 heavy (non-hydrogen) atoms. The van der Waals surface area contributed by atoms with Crippen LogP contribution in [0.1, 0.15) is 96.5 Å². The summed E-state index contributed by atoms with van der Waals surface area (Å²) in [7, 11) is 3.91. The van der Waals surface area contributed by atoms with Crippen molar-refractivity contribution in [2.75, 3.05) is 27.3 Å². The zero-order valence-electron chi connectivity index (χ0n) is 19.1. The van der Waals surface area contributed by atoms with Crippen LogP contribution in [0.4, 0.5) is 0 Å². The quantitative estimate of drug-likeness (QED) is 0.246. The van der Waals surface area contributed by atoms with Crippen LogP contribution in [0.15, 0.2) is 18.2 Å². The highest BCUT2D eigenvalue weighted by Gasteiger charge is 2.07. The maximum absolute atomic E-state index is 5.99. The molecular formula is C25H45NO2. The van der Waals surface area contributed by atoms with E-state index >= 15 is 0 Å². The van der Waals surface area contributed by atoms with E-state index in [1.54, 1.807) is 7.11 Å². The van der Waals surface area contributed by atoms with Gasteiger partial charge in [0.2, 0.25) is 0 Å². The topological polar surface area (TPSA) is 21.7 Å². The van der Waals surface area contributed by atoms with Crippen LogP contribution in [0, 0.1) is 0 Å². The molecule has 1 aromatic carbocycles. The first kappa shape index (κ1) is 24.8. The summed E-state index contributed by atoms with van der Waals surface area (Å²) in [5, 5.41) is 0. The van der Waals surface area contributed by atoms with Crippen LogP contribution in [0.5, 0.6) is 11.5 Å². The zero-order valence-corrected chi connectivity index (χ0v) is 19.1. The summed E-state index contributed by atoms with van der Waals surface area (Å²) in [5.74, 6) is 1.73. The minimum Gasteiger partial charge on any atom is -0.493 e. The molecular weight excluding hydrogens is 346 g/mol. The number of unbranched alkanes of at least 4 members (excludes halogenated alkanes) is 10. The molecule has 0 atom stereocenters. The fraction of sp³-hybridized carbons (Fsp3) is 0.760. The van der Waals surface area contributed by atoms with Crippen LogP contribution in [-0.4, -0.2) is 32.2 Å². The van der Waals surface area contributed by atoms with Crippen LogP contribution in [0.3, 0.4) is 0 Å². The molecule has 0 amide bonds. The number of hydrogen-bond donors (Lipinski definition) is 0. The standard InChI is InChI=1S/C25H45NO2/c1-5-7-9-10-11-12-13-14-15-16-20-28-24-18-17-23(21-25(24)27-4)22-26(3)19-8-6-2/h17-18,21H,5-16,19-20,22H2,1-4H3. The third kappa shape index (κ3) is 11.6. The number of ether oxygens (including phenoxy) is 2. The summed E-state index contributed by atoms with van der Waals surface area (Å²) in [6.07, 6.45) is 15.9. The average Bonchev–Trinajstić information content (AvgIpc) is 2.71. The van der Waals surface area contributed by atoms with Gasteiger partial charge in [-0.05, 0) is 44.1 Å². The highest BCUT2D eigenvalue weighted by atomic mass is 16.5. The molecule has 0 fully saturated rings. The molecule has 0 aliphatic heterocycles. The molecule has 0 aliphatic carbocycles. The molecule has 1 rings (SSSR count). The maximum atomic E-state index is 5.99. The van der Waals surface area contributed by atoms with Crippen molar-refractivity contribution in [1.82, 2.24) is 4.90 Å². The second-order valence-electron chi connectivity index (χ2n) is 8.11. The Morgan fingerprint density at radius 3 is 1.96 bits per heavy atom. The minimum absolute atomic E-state index is 0.780. The van der Waals surface area contributed by atoms with E-state index in [9.17, 15) is 0 Å². The Bertz CT molecular complexity index is 489. The molecule has 0 unspecified atom stereocenters. The van der Waals surface area contributed by atoms with Gasteiger partial charge in [0, 0.05) is 6.54 Å². The van der Waals surface area contributed by atoms with Gasteiger partial charge in [-0.2, -0.15) is 0 Å². The largest absolute Gasteiger partial charge is 0.493 e. The Hall–Kier alpha value is -1.22. The predicted octanol–water partition coefficient (Wildman–Crippen LogP) is 7.23. The lowest BCUT2D eigenvalue weighted by molar-refractivity contribution is 0.283. The lowest BCUT2D eigenvalue weighted by atomic mass is 10.1. The van der Waals surface area contributed by atoms with Crippen molar-refractivity contribution in [1.29, 1.82) is 0 Å². The first-order valence-corrected chi connectivity index (χ1v) is 11.7. The smallest absolute Gasteiger partial charge is 0.161 e. The number of benzene rings is 1. The van der Waals surface area contributed by atoms with Crippen molar-refractivity contribution in [2.45, 2.75) is 97.4 Å². The lowest BCUT2D eigenvalue weighted by Crippen LogP contribution is -2.18. The first-order chi connectivity index (χ1) is 13.7. The normalized spacial score (nSPS) is 11.2. The molecule has 3 nitrogen and oxygen atoms in total. The van der Waals surface area contributed by atoms with Crippen molar-refractivity contribution in [3.8, 4) is 11.5 Å². The van der Waals surface area contributed by atoms with Crippen LogP contribution in [0.25, 0.3) is 0 Å². The molecule has 0 N–H and O–H groups in total. The Kier molecular flexibility index (Phi) is 14.8. The van der Waals surface area contributed by atoms with Gasteiger partial charge in [-0.3, -0.25) is 0 Å². The number of rotatable bonds is 18. The van der Waals surface area contributed by atoms with E-state index in [0.717, 1.165) is 37.6 Å². The number of hydrogen-bond acceptors (Lipinski definition) is 3. The first-order valence-electron chi connectivity index (χ1n) is 11.7. The highest BCUT2D eigenvalue weighted by Crippen LogP contribution is 2.28. The van der Waals surface area contributed by atoms with Gasteiger partial charge in [0.25, 0.3) is 0 Å². The van der Waals surface area contributed by atoms with Crippen molar-refractivity contribution >= 4 is 0 Å². The molecule has 0 spiro atoms. The van der Waals surface area contributed by atoms with Gasteiger partial charge in [0.1, 0.15) is 0 Å². The summed E-state index contributed by atoms with van der Waals surface area (Å²) in [5.41, 5.74) is 1.28. The van der Waals surface area contributed by atoms with Crippen LogP contribution >= 0.6 is 0 Å². The highest BCUT2D eigenvalue weighted by molar-refractivity contribution is 5.42. The molecule has 1 aromatic rings. The predicted molar refractivity (Wildman–Crippen MR) is 122 cm³/mol. The molecule has 0 heterocycles. The van der Waals surface area contributed by atoms with E-state index in [1.807, 2.05) is 0 Å². The lowest BCUT2D eigenvalue weighted by Gasteiger charge is -2.17. The van der Waals surface area contributed by atoms with E-state index in [2.05, 4.69) is 44.0 Å².